The first-order valence-electron chi connectivity index (χ1n) is 7.68. The van der Waals surface area contributed by atoms with Crippen molar-refractivity contribution in [2.75, 3.05) is 14.2 Å². The third kappa shape index (κ3) is 2.24. The summed E-state index contributed by atoms with van der Waals surface area (Å²) in [5, 5.41) is 0. The molecule has 0 amide bonds. The van der Waals surface area contributed by atoms with Gasteiger partial charge in [0.2, 0.25) is 11.6 Å². The molecule has 0 aliphatic heterocycles. The van der Waals surface area contributed by atoms with Crippen molar-refractivity contribution in [3.8, 4) is 34.1 Å². The van der Waals surface area contributed by atoms with Crippen molar-refractivity contribution in [2.24, 2.45) is 0 Å². The van der Waals surface area contributed by atoms with Gasteiger partial charge in [-0.15, -0.1) is 0 Å². The average molecular weight is 334 g/mol. The maximum atomic E-state index is 12.4. The van der Waals surface area contributed by atoms with Gasteiger partial charge in [0.1, 0.15) is 11.5 Å². The van der Waals surface area contributed by atoms with E-state index >= 15 is 0 Å². The number of carbonyl (C=O) groups excluding carboxylic acids is 2. The quantitative estimate of drug-likeness (QED) is 0.677. The van der Waals surface area contributed by atoms with E-state index in [0.29, 0.717) is 34.1 Å². The molecule has 1 heterocycles. The van der Waals surface area contributed by atoms with E-state index in [-0.39, 0.29) is 5.56 Å². The van der Waals surface area contributed by atoms with Crippen LogP contribution in [-0.4, -0.2) is 25.8 Å². The van der Waals surface area contributed by atoms with Crippen LogP contribution in [0.1, 0.15) is 20.7 Å². The zero-order valence-corrected chi connectivity index (χ0v) is 13.7. The second kappa shape index (κ2) is 5.63. The Bertz CT molecular complexity index is 1010. The number of Topliss-reactive ketones (excluding diaryl/α,β-unsaturated/α-hetero) is 2. The molecule has 0 bridgehead atoms. The van der Waals surface area contributed by atoms with E-state index < -0.39 is 11.6 Å². The Kier molecular flexibility index (Phi) is 3.42. The van der Waals surface area contributed by atoms with Gasteiger partial charge in [0, 0.05) is 16.7 Å². The maximum absolute atomic E-state index is 12.4. The molecule has 0 radical (unpaired) electrons. The molecule has 0 atom stereocenters. The largest absolute Gasteiger partial charge is 0.493 e. The number of ether oxygens (including phenoxy) is 2. The minimum Gasteiger partial charge on any atom is -0.493 e. The lowest BCUT2D eigenvalue weighted by molar-refractivity contribution is 0.0814. The summed E-state index contributed by atoms with van der Waals surface area (Å²) in [6.07, 6.45) is 0. The van der Waals surface area contributed by atoms with Crippen molar-refractivity contribution < 1.29 is 23.5 Å². The Hall–Kier alpha value is -3.34. The van der Waals surface area contributed by atoms with Crippen molar-refractivity contribution >= 4 is 11.6 Å². The summed E-state index contributed by atoms with van der Waals surface area (Å²) in [5.74, 6) is 0.997. The van der Waals surface area contributed by atoms with Crippen LogP contribution in [0.5, 0.6) is 11.5 Å². The Morgan fingerprint density at radius 3 is 2.16 bits per heavy atom. The summed E-state index contributed by atoms with van der Waals surface area (Å²) in [6, 6.07) is 13.9. The molecule has 1 aliphatic carbocycles. The molecule has 0 unspecified atom stereocenters. The molecule has 1 aromatic heterocycles. The van der Waals surface area contributed by atoms with E-state index in [9.17, 15) is 9.59 Å². The van der Waals surface area contributed by atoms with Crippen molar-refractivity contribution in [2.45, 2.75) is 0 Å². The summed E-state index contributed by atoms with van der Waals surface area (Å²) >= 11 is 0. The molecule has 0 spiro atoms. The second-order valence-corrected chi connectivity index (χ2v) is 5.63. The smallest absolute Gasteiger partial charge is 0.237 e. The van der Waals surface area contributed by atoms with E-state index in [0.717, 1.165) is 5.56 Å². The van der Waals surface area contributed by atoms with Crippen LogP contribution in [0.15, 0.2) is 52.9 Å². The first-order chi connectivity index (χ1) is 12.1. The summed E-state index contributed by atoms with van der Waals surface area (Å²) in [7, 11) is 3.11. The van der Waals surface area contributed by atoms with Crippen LogP contribution >= 0.6 is 0 Å². The molecule has 0 saturated carbocycles. The molecule has 5 nitrogen and oxygen atoms in total. The zero-order chi connectivity index (χ0) is 17.6. The fourth-order valence-electron chi connectivity index (χ4n) is 3.02. The van der Waals surface area contributed by atoms with Gasteiger partial charge < -0.3 is 13.9 Å². The summed E-state index contributed by atoms with van der Waals surface area (Å²) in [4.78, 5) is 24.7. The fraction of sp³-hybridized carbons (Fsp3) is 0.100. The van der Waals surface area contributed by atoms with Gasteiger partial charge in [-0.2, -0.15) is 0 Å². The summed E-state index contributed by atoms with van der Waals surface area (Å²) in [6.45, 7) is 0. The van der Waals surface area contributed by atoms with E-state index in [4.69, 9.17) is 13.9 Å². The second-order valence-electron chi connectivity index (χ2n) is 5.63. The number of methoxy groups -OCH3 is 2. The van der Waals surface area contributed by atoms with Gasteiger partial charge in [-0.05, 0) is 24.3 Å². The van der Waals surface area contributed by atoms with Crippen molar-refractivity contribution in [1.29, 1.82) is 0 Å². The normalized spacial score (nSPS) is 12.6. The highest BCUT2D eigenvalue weighted by Gasteiger charge is 2.33. The van der Waals surface area contributed by atoms with Crippen LogP contribution in [0.3, 0.4) is 0 Å². The molecule has 0 N–H and O–H groups in total. The molecule has 5 heteroatoms. The van der Waals surface area contributed by atoms with Crippen LogP contribution < -0.4 is 9.47 Å². The molecule has 3 aromatic rings. The number of furan rings is 1. The Labute approximate surface area is 143 Å². The van der Waals surface area contributed by atoms with E-state index in [1.165, 1.54) is 0 Å². The standard InChI is InChI=1S/C20H14O5/c1-23-15-8-7-11(9-17(15)24-2)16-10-14-19(22)18(21)12-5-3-4-6-13(12)20(14)25-16/h3-10H,1-2H3. The van der Waals surface area contributed by atoms with Gasteiger partial charge in [0.15, 0.2) is 11.5 Å². The summed E-state index contributed by atoms with van der Waals surface area (Å²) < 4.78 is 16.5. The first kappa shape index (κ1) is 15.2. The number of fused-ring (bicyclic) bond motifs is 3. The lowest BCUT2D eigenvalue weighted by Gasteiger charge is -2.12. The lowest BCUT2D eigenvalue weighted by Crippen LogP contribution is -2.19. The van der Waals surface area contributed by atoms with E-state index in [2.05, 4.69) is 0 Å². The third-order valence-corrected chi connectivity index (χ3v) is 4.27. The number of ketones is 2. The summed E-state index contributed by atoms with van der Waals surface area (Å²) in [5.41, 5.74) is 2.01. The van der Waals surface area contributed by atoms with Crippen molar-refractivity contribution in [3.05, 3.63) is 59.7 Å². The predicted molar refractivity (Wildman–Crippen MR) is 91.3 cm³/mol. The van der Waals surface area contributed by atoms with Crippen molar-refractivity contribution in [3.63, 3.8) is 0 Å². The number of rotatable bonds is 3. The maximum Gasteiger partial charge on any atom is 0.237 e. The van der Waals surface area contributed by atoms with E-state index in [1.54, 1.807) is 50.6 Å². The molecule has 0 fully saturated rings. The number of benzene rings is 2. The van der Waals surface area contributed by atoms with Crippen molar-refractivity contribution in [1.82, 2.24) is 0 Å². The van der Waals surface area contributed by atoms with Gasteiger partial charge >= 0.3 is 0 Å². The van der Waals surface area contributed by atoms with Gasteiger partial charge in [0.05, 0.1) is 19.8 Å². The molecular formula is C20H14O5. The van der Waals surface area contributed by atoms with Crippen LogP contribution in [0.4, 0.5) is 0 Å². The number of hydrogen-bond acceptors (Lipinski definition) is 5. The topological polar surface area (TPSA) is 65.7 Å². The number of carbonyl (C=O) groups is 2. The molecule has 124 valence electrons. The minimum atomic E-state index is -0.552. The molecule has 2 aromatic carbocycles. The number of hydrogen-bond donors (Lipinski definition) is 0. The molecule has 1 aliphatic rings. The third-order valence-electron chi connectivity index (χ3n) is 4.27. The Morgan fingerprint density at radius 2 is 1.44 bits per heavy atom. The fourth-order valence-corrected chi connectivity index (χ4v) is 3.02. The highest BCUT2D eigenvalue weighted by Crippen LogP contribution is 2.40. The predicted octanol–water partition coefficient (Wildman–Crippen LogP) is 4.01. The lowest BCUT2D eigenvalue weighted by atomic mass is 9.89. The molecule has 4 rings (SSSR count). The van der Waals surface area contributed by atoms with Crippen LogP contribution in [-0.2, 0) is 0 Å². The van der Waals surface area contributed by atoms with Gasteiger partial charge in [0.25, 0.3) is 0 Å². The van der Waals surface area contributed by atoms with Gasteiger partial charge in [-0.25, -0.2) is 0 Å². The SMILES string of the molecule is COc1ccc(-c2cc3c(o2)-c2ccccc2C(=O)C3=O)cc1OC. The monoisotopic (exact) mass is 334 g/mol. The zero-order valence-electron chi connectivity index (χ0n) is 13.7. The van der Waals surface area contributed by atoms with Crippen LogP contribution in [0.25, 0.3) is 22.6 Å². The average Bonchev–Trinajstić information content (AvgIpc) is 3.11. The van der Waals surface area contributed by atoms with Gasteiger partial charge in [-0.1, -0.05) is 24.3 Å². The molecular weight excluding hydrogens is 320 g/mol. The van der Waals surface area contributed by atoms with Crippen LogP contribution in [0.2, 0.25) is 0 Å². The van der Waals surface area contributed by atoms with Crippen LogP contribution in [0, 0.1) is 0 Å². The molecule has 0 saturated heterocycles. The molecule has 25 heavy (non-hydrogen) atoms. The highest BCUT2D eigenvalue weighted by molar-refractivity contribution is 6.52. The van der Waals surface area contributed by atoms with E-state index in [1.807, 2.05) is 12.1 Å². The van der Waals surface area contributed by atoms with Gasteiger partial charge in [-0.3, -0.25) is 9.59 Å². The Balaban J connectivity index is 1.88. The highest BCUT2D eigenvalue weighted by atomic mass is 16.5. The Morgan fingerprint density at radius 1 is 0.760 bits per heavy atom. The first-order valence-corrected chi connectivity index (χ1v) is 7.68. The minimum absolute atomic E-state index is 0.286.